The molecule has 1 aliphatic rings. The van der Waals surface area contributed by atoms with E-state index >= 15 is 0 Å². The fourth-order valence-corrected chi connectivity index (χ4v) is 3.51. The third-order valence-corrected chi connectivity index (χ3v) is 8.99. The zero-order valence-corrected chi connectivity index (χ0v) is 13.4. The summed E-state index contributed by atoms with van der Waals surface area (Å²) in [6.07, 6.45) is 0.326. The molecule has 0 aromatic carbocycles. The second-order valence-electron chi connectivity index (χ2n) is 6.86. The summed E-state index contributed by atoms with van der Waals surface area (Å²) in [6, 6.07) is 0.0715. The zero-order chi connectivity index (χ0) is 14.1. The molecule has 3 atom stereocenters. The first-order valence-corrected chi connectivity index (χ1v) is 9.58. The molecule has 0 spiro atoms. The van der Waals surface area contributed by atoms with Crippen molar-refractivity contribution in [3.05, 3.63) is 0 Å². The summed E-state index contributed by atoms with van der Waals surface area (Å²) in [5.41, 5.74) is 0. The first kappa shape index (κ1) is 15.7. The van der Waals surface area contributed by atoms with Crippen LogP contribution in [0.25, 0.3) is 0 Å². The van der Waals surface area contributed by atoms with Crippen LogP contribution in [0.2, 0.25) is 18.1 Å². The molecule has 0 aliphatic carbocycles. The Hall–Kier alpha value is -0.393. The molecule has 0 aromatic heterocycles. The molecule has 5 heteroatoms. The van der Waals surface area contributed by atoms with Gasteiger partial charge in [0, 0.05) is 24.6 Å². The topological polar surface area (TPSA) is 58.6 Å². The van der Waals surface area contributed by atoms with Crippen LogP contribution in [0, 0.1) is 5.92 Å². The zero-order valence-electron chi connectivity index (χ0n) is 12.4. The highest BCUT2D eigenvalue weighted by Crippen LogP contribution is 2.38. The number of rotatable bonds is 5. The van der Waals surface area contributed by atoms with Crippen molar-refractivity contribution in [2.24, 2.45) is 5.92 Å². The number of carbonyl (C=O) groups is 1. The molecule has 4 nitrogen and oxygen atoms in total. The van der Waals surface area contributed by atoms with E-state index in [-0.39, 0.29) is 23.6 Å². The van der Waals surface area contributed by atoms with Crippen molar-refractivity contribution in [2.45, 2.75) is 64.4 Å². The van der Waals surface area contributed by atoms with Gasteiger partial charge in [0.25, 0.3) is 0 Å². The Bertz CT molecular complexity index is 312. The quantitative estimate of drug-likeness (QED) is 0.756. The van der Waals surface area contributed by atoms with Crippen LogP contribution in [0.3, 0.4) is 0 Å². The van der Waals surface area contributed by atoms with Gasteiger partial charge in [-0.2, -0.15) is 0 Å². The van der Waals surface area contributed by atoms with Gasteiger partial charge in [0.2, 0.25) is 0 Å². The first-order chi connectivity index (χ1) is 8.04. The minimum Gasteiger partial charge on any atom is -0.481 e. The maximum absolute atomic E-state index is 10.7. The van der Waals surface area contributed by atoms with E-state index in [0.717, 1.165) is 6.54 Å². The highest BCUT2D eigenvalue weighted by molar-refractivity contribution is 6.74. The van der Waals surface area contributed by atoms with Crippen LogP contribution in [-0.2, 0) is 9.22 Å². The largest absolute Gasteiger partial charge is 0.481 e. The van der Waals surface area contributed by atoms with Gasteiger partial charge in [-0.25, -0.2) is 0 Å². The average Bonchev–Trinajstić information content (AvgIpc) is 2.09. The second-order valence-corrected chi connectivity index (χ2v) is 11.6. The predicted molar refractivity (Wildman–Crippen MR) is 75.3 cm³/mol. The third-order valence-electron chi connectivity index (χ3n) is 4.42. The number of hydrogen-bond acceptors (Lipinski definition) is 3. The van der Waals surface area contributed by atoms with Crippen molar-refractivity contribution in [3.63, 3.8) is 0 Å². The van der Waals surface area contributed by atoms with Crippen LogP contribution in [-0.4, -0.2) is 38.1 Å². The number of carboxylic acid groups (broad SMARTS) is 1. The molecule has 106 valence electrons. The van der Waals surface area contributed by atoms with Crippen LogP contribution < -0.4 is 5.32 Å². The smallest absolute Gasteiger partial charge is 0.304 e. The lowest BCUT2D eigenvalue weighted by molar-refractivity contribution is -0.138. The molecule has 0 amide bonds. The van der Waals surface area contributed by atoms with Crippen molar-refractivity contribution < 1.29 is 14.3 Å². The summed E-state index contributed by atoms with van der Waals surface area (Å²) in [5, 5.41) is 12.2. The highest BCUT2D eigenvalue weighted by Gasteiger charge is 2.43. The van der Waals surface area contributed by atoms with Crippen LogP contribution in [0.15, 0.2) is 0 Å². The summed E-state index contributed by atoms with van der Waals surface area (Å²) in [7, 11) is -1.76. The van der Waals surface area contributed by atoms with Crippen LogP contribution in [0.1, 0.15) is 34.1 Å². The number of carboxylic acids is 1. The van der Waals surface area contributed by atoms with Crippen LogP contribution >= 0.6 is 0 Å². The van der Waals surface area contributed by atoms with Gasteiger partial charge in [0.05, 0.1) is 6.42 Å². The van der Waals surface area contributed by atoms with Gasteiger partial charge in [-0.3, -0.25) is 4.79 Å². The second kappa shape index (κ2) is 5.31. The van der Waals surface area contributed by atoms with Gasteiger partial charge >= 0.3 is 5.97 Å². The van der Waals surface area contributed by atoms with Gasteiger partial charge in [-0.15, -0.1) is 0 Å². The van der Waals surface area contributed by atoms with Crippen molar-refractivity contribution in [1.82, 2.24) is 5.32 Å². The van der Waals surface area contributed by atoms with Crippen molar-refractivity contribution in [1.29, 1.82) is 0 Å². The Morgan fingerprint density at radius 2 is 2.06 bits per heavy atom. The molecule has 1 aliphatic heterocycles. The molecule has 1 heterocycles. The lowest BCUT2D eigenvalue weighted by Gasteiger charge is -2.46. The maximum atomic E-state index is 10.7. The molecular formula is C13H27NO3Si. The molecular weight excluding hydrogens is 246 g/mol. The molecule has 1 fully saturated rings. The van der Waals surface area contributed by atoms with Gasteiger partial charge in [0.1, 0.15) is 0 Å². The lowest BCUT2D eigenvalue weighted by Crippen LogP contribution is -2.60. The van der Waals surface area contributed by atoms with Crippen molar-refractivity contribution >= 4 is 14.3 Å². The molecule has 0 saturated carbocycles. The molecule has 0 bridgehead atoms. The van der Waals surface area contributed by atoms with Crippen LogP contribution in [0.5, 0.6) is 0 Å². The molecule has 2 N–H and O–H groups in total. The Morgan fingerprint density at radius 3 is 2.39 bits per heavy atom. The Labute approximate surface area is 111 Å². The summed E-state index contributed by atoms with van der Waals surface area (Å²) < 4.78 is 6.32. The molecule has 1 saturated heterocycles. The number of hydrogen-bond donors (Lipinski definition) is 2. The molecule has 0 aromatic rings. The molecule has 1 rings (SSSR count). The van der Waals surface area contributed by atoms with Crippen molar-refractivity contribution in [2.75, 3.05) is 6.54 Å². The Balaban J connectivity index is 2.56. The fourth-order valence-electron chi connectivity index (χ4n) is 2.05. The van der Waals surface area contributed by atoms with Gasteiger partial charge in [0.15, 0.2) is 8.32 Å². The van der Waals surface area contributed by atoms with E-state index in [9.17, 15) is 4.79 Å². The summed E-state index contributed by atoms with van der Waals surface area (Å²) >= 11 is 0. The van der Waals surface area contributed by atoms with E-state index in [1.54, 1.807) is 0 Å². The van der Waals surface area contributed by atoms with Gasteiger partial charge < -0.3 is 14.8 Å². The summed E-state index contributed by atoms with van der Waals surface area (Å²) in [6.45, 7) is 14.1. The third kappa shape index (κ3) is 3.55. The predicted octanol–water partition coefficient (Wildman–Crippen LogP) is 2.46. The normalized spacial score (nSPS) is 26.6. The van der Waals surface area contributed by atoms with Crippen LogP contribution in [0.4, 0.5) is 0 Å². The Morgan fingerprint density at radius 1 is 1.50 bits per heavy atom. The first-order valence-electron chi connectivity index (χ1n) is 6.67. The monoisotopic (exact) mass is 273 g/mol. The number of aliphatic carboxylic acids is 1. The minimum atomic E-state index is -1.76. The minimum absolute atomic E-state index is 0.0715. The SMILES string of the molecule is C[C@@H](O[Si](C)(C)C(C)(C)C)C1CNC1CC(=O)O. The van der Waals surface area contributed by atoms with E-state index in [2.05, 4.69) is 46.1 Å². The van der Waals surface area contributed by atoms with Crippen molar-refractivity contribution in [3.8, 4) is 0 Å². The van der Waals surface area contributed by atoms with E-state index in [0.29, 0.717) is 5.92 Å². The van der Waals surface area contributed by atoms with Gasteiger partial charge in [-0.05, 0) is 25.1 Å². The standard InChI is InChI=1S/C13H27NO3Si/c1-9(17-18(5,6)13(2,3)4)10-8-14-11(10)7-12(15)16/h9-11,14H,7-8H2,1-6H3,(H,15,16)/t9-,10?,11?/m1/s1. The Kier molecular flexibility index (Phi) is 4.62. The van der Waals surface area contributed by atoms with E-state index in [1.165, 1.54) is 0 Å². The van der Waals surface area contributed by atoms with E-state index in [4.69, 9.17) is 9.53 Å². The van der Waals surface area contributed by atoms with Gasteiger partial charge in [-0.1, -0.05) is 20.8 Å². The molecule has 0 radical (unpaired) electrons. The number of nitrogens with one attached hydrogen (secondary N) is 1. The average molecular weight is 273 g/mol. The maximum Gasteiger partial charge on any atom is 0.304 e. The fraction of sp³-hybridized carbons (Fsp3) is 0.923. The molecule has 18 heavy (non-hydrogen) atoms. The van der Waals surface area contributed by atoms with E-state index in [1.807, 2.05) is 0 Å². The summed E-state index contributed by atoms with van der Waals surface area (Å²) in [4.78, 5) is 10.7. The molecule has 2 unspecified atom stereocenters. The highest BCUT2D eigenvalue weighted by atomic mass is 28.4. The van der Waals surface area contributed by atoms with E-state index < -0.39 is 14.3 Å². The lowest BCUT2D eigenvalue weighted by atomic mass is 9.85. The summed E-state index contributed by atoms with van der Waals surface area (Å²) in [5.74, 6) is -0.410.